The van der Waals surface area contributed by atoms with Crippen LogP contribution in [0.3, 0.4) is 0 Å². The number of amides is 1. The lowest BCUT2D eigenvalue weighted by Crippen LogP contribution is -2.45. The third-order valence-corrected chi connectivity index (χ3v) is 7.76. The smallest absolute Gasteiger partial charge is 0.251 e. The highest BCUT2D eigenvalue weighted by molar-refractivity contribution is 5.95. The van der Waals surface area contributed by atoms with Gasteiger partial charge in [0.15, 0.2) is 0 Å². The third kappa shape index (κ3) is 3.66. The zero-order chi connectivity index (χ0) is 23.9. The number of hydrogen-bond donors (Lipinski definition) is 2. The highest BCUT2D eigenvalue weighted by Crippen LogP contribution is 2.56. The number of nitrogens with one attached hydrogen (secondary N) is 1. The lowest BCUT2D eigenvalue weighted by Gasteiger charge is -2.42. The maximum Gasteiger partial charge on any atom is 0.251 e. The minimum atomic E-state index is -0.872. The molecule has 1 heterocycles. The van der Waals surface area contributed by atoms with Crippen LogP contribution in [-0.4, -0.2) is 32.9 Å². The Labute approximate surface area is 199 Å². The van der Waals surface area contributed by atoms with Crippen molar-refractivity contribution in [2.24, 2.45) is 5.41 Å². The van der Waals surface area contributed by atoms with Gasteiger partial charge in [-0.15, -0.1) is 0 Å². The summed E-state index contributed by atoms with van der Waals surface area (Å²) in [6, 6.07) is 14.0. The number of rotatable bonds is 6. The molecule has 34 heavy (non-hydrogen) atoms. The Morgan fingerprint density at radius 3 is 2.74 bits per heavy atom. The van der Waals surface area contributed by atoms with E-state index in [0.29, 0.717) is 37.8 Å². The molecule has 2 atom stereocenters. The predicted octanol–water partition coefficient (Wildman–Crippen LogP) is 4.86. The van der Waals surface area contributed by atoms with Gasteiger partial charge in [-0.05, 0) is 86.6 Å². The molecule has 2 aromatic carbocycles. The molecule has 6 heteroatoms. The van der Waals surface area contributed by atoms with E-state index in [2.05, 4.69) is 23.4 Å². The molecule has 1 amide bonds. The fourth-order valence-electron chi connectivity index (χ4n) is 5.68. The molecule has 2 aliphatic carbocycles. The van der Waals surface area contributed by atoms with E-state index in [-0.39, 0.29) is 11.7 Å². The molecule has 1 saturated carbocycles. The normalized spacial score (nSPS) is 23.2. The number of aliphatic hydroxyl groups is 1. The van der Waals surface area contributed by atoms with Crippen molar-refractivity contribution in [1.29, 1.82) is 0 Å². The number of fused-ring (bicyclic) bond motifs is 2. The van der Waals surface area contributed by atoms with Crippen LogP contribution in [0.2, 0.25) is 0 Å². The van der Waals surface area contributed by atoms with Gasteiger partial charge in [-0.3, -0.25) is 4.79 Å². The Hall–Kier alpha value is -3.25. The van der Waals surface area contributed by atoms with Gasteiger partial charge in [-0.25, -0.2) is 9.07 Å². The molecule has 176 valence electrons. The minimum Gasteiger partial charge on any atom is -0.389 e. The van der Waals surface area contributed by atoms with Crippen LogP contribution in [0.15, 0.2) is 60.3 Å². The molecule has 1 fully saturated rings. The Kier molecular flexibility index (Phi) is 5.64. The molecule has 1 aromatic heterocycles. The van der Waals surface area contributed by atoms with Crippen LogP contribution < -0.4 is 5.32 Å². The van der Waals surface area contributed by atoms with Crippen LogP contribution in [-0.2, 0) is 12.8 Å². The topological polar surface area (TPSA) is 67.2 Å². The van der Waals surface area contributed by atoms with Crippen LogP contribution >= 0.6 is 0 Å². The molecule has 3 aromatic rings. The number of benzene rings is 2. The van der Waals surface area contributed by atoms with Gasteiger partial charge in [-0.2, -0.15) is 5.10 Å². The van der Waals surface area contributed by atoms with Crippen molar-refractivity contribution >= 4 is 12.0 Å². The second-order valence-corrected chi connectivity index (χ2v) is 9.67. The summed E-state index contributed by atoms with van der Waals surface area (Å²) in [6.45, 7) is 4.64. The Morgan fingerprint density at radius 1 is 1.21 bits per heavy atom. The Morgan fingerprint density at radius 2 is 1.97 bits per heavy atom. The largest absolute Gasteiger partial charge is 0.389 e. The zero-order valence-corrected chi connectivity index (χ0v) is 19.6. The summed E-state index contributed by atoms with van der Waals surface area (Å²) in [5.41, 5.74) is 4.51. The van der Waals surface area contributed by atoms with Gasteiger partial charge < -0.3 is 10.4 Å². The van der Waals surface area contributed by atoms with E-state index in [1.165, 1.54) is 17.7 Å². The summed E-state index contributed by atoms with van der Waals surface area (Å²) in [5.74, 6) is -0.343. The molecular weight excluding hydrogens is 429 g/mol. The van der Waals surface area contributed by atoms with Crippen molar-refractivity contribution in [2.75, 3.05) is 6.54 Å². The molecular formula is C28H30FN3O2. The minimum absolute atomic E-state index is 0.0705. The summed E-state index contributed by atoms with van der Waals surface area (Å²) >= 11 is 0. The summed E-state index contributed by atoms with van der Waals surface area (Å²) < 4.78 is 15.2. The van der Waals surface area contributed by atoms with Crippen LogP contribution in [0.1, 0.15) is 60.3 Å². The van der Waals surface area contributed by atoms with Crippen molar-refractivity contribution in [2.45, 2.75) is 51.6 Å². The van der Waals surface area contributed by atoms with Crippen LogP contribution in [0.25, 0.3) is 11.8 Å². The molecule has 0 spiro atoms. The van der Waals surface area contributed by atoms with Gasteiger partial charge >= 0.3 is 0 Å². The fourth-order valence-corrected chi connectivity index (χ4v) is 5.68. The van der Waals surface area contributed by atoms with Crippen molar-refractivity contribution in [3.05, 3.63) is 88.5 Å². The summed E-state index contributed by atoms with van der Waals surface area (Å²) in [5, 5.41) is 19.4. The molecule has 5 nitrogen and oxygen atoms in total. The van der Waals surface area contributed by atoms with E-state index in [1.807, 2.05) is 42.1 Å². The van der Waals surface area contributed by atoms with Gasteiger partial charge in [0.05, 0.1) is 23.2 Å². The number of carbonyl (C=O) groups is 1. The maximum absolute atomic E-state index is 13.4. The average molecular weight is 460 g/mol. The van der Waals surface area contributed by atoms with E-state index < -0.39 is 11.0 Å². The molecule has 0 bridgehead atoms. The Balaban J connectivity index is 1.41. The molecule has 5 rings (SSSR count). The molecule has 0 saturated heterocycles. The first kappa shape index (κ1) is 22.5. The van der Waals surface area contributed by atoms with Crippen molar-refractivity contribution in [1.82, 2.24) is 15.1 Å². The van der Waals surface area contributed by atoms with Crippen LogP contribution in [0.4, 0.5) is 4.39 Å². The predicted molar refractivity (Wildman–Crippen MR) is 130 cm³/mol. The number of nitrogens with zero attached hydrogens (tertiary/aromatic N) is 2. The van der Waals surface area contributed by atoms with Gasteiger partial charge in [0.25, 0.3) is 5.91 Å². The number of halogens is 1. The van der Waals surface area contributed by atoms with Gasteiger partial charge in [0.2, 0.25) is 0 Å². The SMILES string of the molecule is CCNC(=O)c1ccccc1CC[C@]1(O)CCC2=Cc3c(cnn3-c3ccc(F)cc3)C[C@@]21C. The van der Waals surface area contributed by atoms with Crippen LogP contribution in [0, 0.1) is 11.2 Å². The lowest BCUT2D eigenvalue weighted by atomic mass is 9.65. The standard InChI is InChI=1S/C28H30FN3O2/c1-3-30-26(33)24-7-5-4-6-19(24)12-14-28(34)15-13-21-16-25-20(17-27(21,28)2)18-31-32(25)23-10-8-22(29)9-11-23/h4-11,16,18,34H,3,12-15,17H2,1-2H3,(H,30,33)/t27-,28-/m0/s1. The first-order chi connectivity index (χ1) is 16.3. The fraction of sp³-hybridized carbons (Fsp3) is 0.357. The quantitative estimate of drug-likeness (QED) is 0.553. The zero-order valence-electron chi connectivity index (χ0n) is 19.6. The lowest BCUT2D eigenvalue weighted by molar-refractivity contribution is -0.0461. The monoisotopic (exact) mass is 459 g/mol. The van der Waals surface area contributed by atoms with Gasteiger partial charge in [0.1, 0.15) is 5.82 Å². The molecule has 0 radical (unpaired) electrons. The summed E-state index contributed by atoms with van der Waals surface area (Å²) in [7, 11) is 0. The number of carbonyl (C=O) groups excluding carboxylic acids is 1. The van der Waals surface area contributed by atoms with E-state index in [4.69, 9.17) is 0 Å². The van der Waals surface area contributed by atoms with Gasteiger partial charge in [-0.1, -0.05) is 30.7 Å². The van der Waals surface area contributed by atoms with E-state index in [1.54, 1.807) is 12.1 Å². The number of hydrogen-bond acceptors (Lipinski definition) is 3. The second-order valence-electron chi connectivity index (χ2n) is 9.67. The first-order valence-electron chi connectivity index (χ1n) is 12.0. The third-order valence-electron chi connectivity index (χ3n) is 7.76. The molecule has 2 N–H and O–H groups in total. The molecule has 0 aliphatic heterocycles. The molecule has 0 unspecified atom stereocenters. The maximum atomic E-state index is 13.4. The van der Waals surface area contributed by atoms with E-state index in [0.717, 1.165) is 28.9 Å². The highest BCUT2D eigenvalue weighted by Gasteiger charge is 2.54. The highest BCUT2D eigenvalue weighted by atomic mass is 19.1. The van der Waals surface area contributed by atoms with Crippen LogP contribution in [0.5, 0.6) is 0 Å². The average Bonchev–Trinajstić information content (AvgIpc) is 3.35. The van der Waals surface area contributed by atoms with Gasteiger partial charge in [0, 0.05) is 17.5 Å². The van der Waals surface area contributed by atoms with E-state index in [9.17, 15) is 14.3 Å². The number of aryl methyl sites for hydroxylation is 1. The second kappa shape index (κ2) is 8.51. The Bertz CT molecular complexity index is 1260. The first-order valence-corrected chi connectivity index (χ1v) is 12.0. The van der Waals surface area contributed by atoms with E-state index >= 15 is 0 Å². The summed E-state index contributed by atoms with van der Waals surface area (Å²) in [4.78, 5) is 12.5. The van der Waals surface area contributed by atoms with Crippen molar-refractivity contribution in [3.8, 4) is 5.69 Å². The summed E-state index contributed by atoms with van der Waals surface area (Å²) in [6.07, 6.45) is 7.44. The molecule has 2 aliphatic rings. The number of aromatic nitrogens is 2. The van der Waals surface area contributed by atoms with Crippen molar-refractivity contribution in [3.63, 3.8) is 0 Å². The van der Waals surface area contributed by atoms with Crippen molar-refractivity contribution < 1.29 is 14.3 Å².